The Balaban J connectivity index is 2.73. The van der Waals surface area contributed by atoms with E-state index >= 15 is 0 Å². The summed E-state index contributed by atoms with van der Waals surface area (Å²) < 4.78 is 0. The van der Waals surface area contributed by atoms with Gasteiger partial charge in [-0.3, -0.25) is 0 Å². The molecule has 1 unspecified atom stereocenters. The summed E-state index contributed by atoms with van der Waals surface area (Å²) in [6.07, 6.45) is 1.54. The summed E-state index contributed by atoms with van der Waals surface area (Å²) in [6.45, 7) is 2.75. The lowest BCUT2D eigenvalue weighted by molar-refractivity contribution is 0.711. The molecule has 0 fully saturated rings. The minimum atomic E-state index is 0.132. The molecule has 0 aromatic carbocycles. The van der Waals surface area contributed by atoms with Crippen LogP contribution in [-0.2, 0) is 0 Å². The Hall–Kier alpha value is -1.36. The average Bonchev–Trinajstić information content (AvgIpc) is 2.17. The second-order valence-corrected chi connectivity index (χ2v) is 3.37. The van der Waals surface area contributed by atoms with Crippen LogP contribution < -0.4 is 16.0 Å². The minimum absolute atomic E-state index is 0.132. The van der Waals surface area contributed by atoms with Crippen LogP contribution in [0.2, 0.25) is 0 Å². The van der Waals surface area contributed by atoms with Crippen molar-refractivity contribution in [2.45, 2.75) is 13.0 Å². The number of hydrogen-bond acceptors (Lipinski definition) is 5. The molecule has 1 heterocycles. The number of likely N-dealkylation sites (N-methyl/N-ethyl adjacent to an activating group) is 1. The number of rotatable bonds is 4. The monoisotopic (exact) mass is 195 g/mol. The Bertz CT molecular complexity index is 286. The maximum atomic E-state index is 5.70. The Morgan fingerprint density at radius 1 is 1.57 bits per heavy atom. The van der Waals surface area contributed by atoms with Crippen molar-refractivity contribution in [3.05, 3.63) is 12.4 Å². The van der Waals surface area contributed by atoms with Crippen molar-refractivity contribution in [3.8, 4) is 0 Å². The molecule has 0 saturated heterocycles. The van der Waals surface area contributed by atoms with Gasteiger partial charge in [-0.05, 0) is 6.92 Å². The average molecular weight is 195 g/mol. The first-order valence-electron chi connectivity index (χ1n) is 4.60. The van der Waals surface area contributed by atoms with E-state index in [9.17, 15) is 0 Å². The third-order valence-electron chi connectivity index (χ3n) is 1.86. The van der Waals surface area contributed by atoms with Gasteiger partial charge in [-0.15, -0.1) is 0 Å². The fourth-order valence-electron chi connectivity index (χ4n) is 1.22. The van der Waals surface area contributed by atoms with Crippen molar-refractivity contribution in [2.24, 2.45) is 5.73 Å². The van der Waals surface area contributed by atoms with Crippen LogP contribution in [0.1, 0.15) is 6.92 Å². The van der Waals surface area contributed by atoms with E-state index in [1.807, 2.05) is 32.0 Å². The van der Waals surface area contributed by atoms with E-state index in [1.165, 1.54) is 0 Å². The quantitative estimate of drug-likeness (QED) is 0.723. The summed E-state index contributed by atoms with van der Waals surface area (Å²) in [4.78, 5) is 10.2. The Morgan fingerprint density at radius 3 is 2.86 bits per heavy atom. The summed E-state index contributed by atoms with van der Waals surface area (Å²) in [7, 11) is 3.79. The van der Waals surface area contributed by atoms with Gasteiger partial charge in [0, 0.05) is 32.7 Å². The third kappa shape index (κ3) is 2.85. The van der Waals surface area contributed by atoms with Crippen LogP contribution in [0.3, 0.4) is 0 Å². The molecule has 1 rings (SSSR count). The molecule has 3 N–H and O–H groups in total. The summed E-state index contributed by atoms with van der Waals surface area (Å²) in [5.41, 5.74) is 5.70. The molecule has 0 aliphatic rings. The molecule has 5 nitrogen and oxygen atoms in total. The van der Waals surface area contributed by atoms with Gasteiger partial charge in [-0.25, -0.2) is 9.97 Å². The molecule has 1 aromatic rings. The van der Waals surface area contributed by atoms with Crippen LogP contribution in [0.15, 0.2) is 12.4 Å². The number of hydrogen-bond donors (Lipinski definition) is 2. The van der Waals surface area contributed by atoms with Gasteiger partial charge < -0.3 is 16.0 Å². The highest BCUT2D eigenvalue weighted by Crippen LogP contribution is 2.11. The molecule has 1 aromatic heterocycles. The predicted octanol–water partition coefficient (Wildman–Crippen LogP) is 0.302. The van der Waals surface area contributed by atoms with Crippen LogP contribution in [0.25, 0.3) is 0 Å². The number of aromatic nitrogens is 2. The Labute approximate surface area is 84.3 Å². The maximum absolute atomic E-state index is 5.70. The molecule has 14 heavy (non-hydrogen) atoms. The van der Waals surface area contributed by atoms with Crippen LogP contribution >= 0.6 is 0 Å². The fourth-order valence-corrected chi connectivity index (χ4v) is 1.22. The Kier molecular flexibility index (Phi) is 3.64. The first-order valence-corrected chi connectivity index (χ1v) is 4.60. The zero-order valence-corrected chi connectivity index (χ0v) is 8.86. The van der Waals surface area contributed by atoms with Crippen molar-refractivity contribution in [3.63, 3.8) is 0 Å². The lowest BCUT2D eigenvalue weighted by Gasteiger charge is -2.20. The number of nitrogens with one attached hydrogen (secondary N) is 1. The van der Waals surface area contributed by atoms with E-state index in [-0.39, 0.29) is 6.04 Å². The van der Waals surface area contributed by atoms with Crippen LogP contribution in [0, 0.1) is 0 Å². The third-order valence-corrected chi connectivity index (χ3v) is 1.86. The van der Waals surface area contributed by atoms with Gasteiger partial charge in [-0.2, -0.15) is 0 Å². The minimum Gasteiger partial charge on any atom is -0.373 e. The highest BCUT2D eigenvalue weighted by Gasteiger charge is 2.05. The lowest BCUT2D eigenvalue weighted by Crippen LogP contribution is -2.33. The smallest absolute Gasteiger partial charge is 0.133 e. The molecule has 0 saturated carbocycles. The van der Waals surface area contributed by atoms with Crippen molar-refractivity contribution in [1.29, 1.82) is 0 Å². The summed E-state index contributed by atoms with van der Waals surface area (Å²) in [5.74, 6) is 1.69. The molecule has 0 amide bonds. The van der Waals surface area contributed by atoms with Crippen molar-refractivity contribution in [1.82, 2.24) is 9.97 Å². The molecular formula is C9H17N5. The fraction of sp³-hybridized carbons (Fsp3) is 0.556. The molecule has 0 radical (unpaired) electrons. The molecular weight excluding hydrogens is 178 g/mol. The molecule has 1 atom stereocenters. The first kappa shape index (κ1) is 10.7. The largest absolute Gasteiger partial charge is 0.373 e. The van der Waals surface area contributed by atoms with E-state index in [1.54, 1.807) is 6.33 Å². The van der Waals surface area contributed by atoms with E-state index < -0.39 is 0 Å². The van der Waals surface area contributed by atoms with E-state index in [0.29, 0.717) is 0 Å². The second kappa shape index (κ2) is 4.76. The van der Waals surface area contributed by atoms with Crippen molar-refractivity contribution >= 4 is 11.6 Å². The summed E-state index contributed by atoms with van der Waals surface area (Å²) in [5, 5.41) is 2.97. The van der Waals surface area contributed by atoms with Crippen LogP contribution in [0.5, 0.6) is 0 Å². The van der Waals surface area contributed by atoms with E-state index in [4.69, 9.17) is 5.73 Å². The maximum Gasteiger partial charge on any atom is 0.133 e. The molecule has 5 heteroatoms. The van der Waals surface area contributed by atoms with Gasteiger partial charge in [0.25, 0.3) is 0 Å². The SMILES string of the molecule is CNc1cc(N(C)CC(C)N)ncn1. The predicted molar refractivity (Wildman–Crippen MR) is 58.5 cm³/mol. The molecule has 0 aliphatic heterocycles. The van der Waals surface area contributed by atoms with E-state index in [0.717, 1.165) is 18.2 Å². The first-order chi connectivity index (χ1) is 6.63. The topological polar surface area (TPSA) is 67.1 Å². The van der Waals surface area contributed by atoms with Gasteiger partial charge in [0.05, 0.1) is 0 Å². The van der Waals surface area contributed by atoms with Gasteiger partial charge in [0.15, 0.2) is 0 Å². The number of anilines is 2. The van der Waals surface area contributed by atoms with Crippen molar-refractivity contribution in [2.75, 3.05) is 30.9 Å². The highest BCUT2D eigenvalue weighted by molar-refractivity contribution is 5.47. The van der Waals surface area contributed by atoms with Crippen LogP contribution in [-0.4, -0.2) is 36.6 Å². The molecule has 0 spiro atoms. The van der Waals surface area contributed by atoms with Crippen molar-refractivity contribution < 1.29 is 0 Å². The van der Waals surface area contributed by atoms with Gasteiger partial charge in [0.1, 0.15) is 18.0 Å². The molecule has 0 bridgehead atoms. The second-order valence-electron chi connectivity index (χ2n) is 3.37. The standard InChI is InChI=1S/C9H17N5/c1-7(10)5-14(3)9-4-8(11-2)12-6-13-9/h4,6-7H,5,10H2,1-3H3,(H,11,12,13). The zero-order valence-electron chi connectivity index (χ0n) is 8.86. The van der Waals surface area contributed by atoms with Crippen LogP contribution in [0.4, 0.5) is 11.6 Å². The summed E-state index contributed by atoms with van der Waals surface area (Å²) >= 11 is 0. The number of nitrogens with zero attached hydrogens (tertiary/aromatic N) is 3. The zero-order chi connectivity index (χ0) is 10.6. The highest BCUT2D eigenvalue weighted by atomic mass is 15.2. The lowest BCUT2D eigenvalue weighted by atomic mass is 10.3. The normalized spacial score (nSPS) is 12.3. The van der Waals surface area contributed by atoms with Gasteiger partial charge in [0.2, 0.25) is 0 Å². The van der Waals surface area contributed by atoms with Gasteiger partial charge in [-0.1, -0.05) is 0 Å². The summed E-state index contributed by atoms with van der Waals surface area (Å²) in [6, 6.07) is 2.02. The molecule has 0 aliphatic carbocycles. The number of nitrogens with two attached hydrogens (primary N) is 1. The Morgan fingerprint density at radius 2 is 2.29 bits per heavy atom. The van der Waals surface area contributed by atoms with E-state index in [2.05, 4.69) is 15.3 Å². The van der Waals surface area contributed by atoms with Gasteiger partial charge >= 0.3 is 0 Å². The molecule has 78 valence electrons.